The molecule has 0 fully saturated rings. The van der Waals surface area contributed by atoms with Crippen molar-refractivity contribution >= 4 is 45.4 Å². The van der Waals surface area contributed by atoms with E-state index < -0.39 is 34.7 Å². The summed E-state index contributed by atoms with van der Waals surface area (Å²) in [6.07, 6.45) is 0.885. The molecule has 2 heterocycles. The number of aryl methyl sites for hydroxylation is 1. The van der Waals surface area contributed by atoms with Crippen molar-refractivity contribution in [3.63, 3.8) is 0 Å². The molecule has 0 radical (unpaired) electrons. The Morgan fingerprint density at radius 1 is 1.07 bits per heavy atom. The minimum atomic E-state index is -1.66. The van der Waals surface area contributed by atoms with Gasteiger partial charge in [-0.1, -0.05) is 13.3 Å². The molecule has 1 amide bonds. The van der Waals surface area contributed by atoms with Gasteiger partial charge in [0.1, 0.15) is 11.6 Å². The predicted molar refractivity (Wildman–Crippen MR) is 94.7 cm³/mol. The molecular formula is C19H14N2Na2O7. The number of rotatable bonds is 5. The Bertz CT molecular complexity index is 1220. The van der Waals surface area contributed by atoms with Gasteiger partial charge in [-0.3, -0.25) is 9.59 Å². The van der Waals surface area contributed by atoms with Crippen LogP contribution < -0.4 is 80.1 Å². The molecule has 0 atom stereocenters. The third kappa shape index (κ3) is 5.11. The molecule has 0 aliphatic rings. The van der Waals surface area contributed by atoms with Gasteiger partial charge >= 0.3 is 59.1 Å². The average Bonchev–Trinajstić information content (AvgIpc) is 2.61. The molecule has 30 heavy (non-hydrogen) atoms. The van der Waals surface area contributed by atoms with E-state index in [4.69, 9.17) is 4.42 Å². The number of amides is 1. The van der Waals surface area contributed by atoms with E-state index in [9.17, 15) is 29.4 Å². The minimum absolute atomic E-state index is 0. The molecule has 2 aromatic heterocycles. The van der Waals surface area contributed by atoms with Crippen LogP contribution in [0.4, 0.5) is 5.69 Å². The number of hydrogen-bond acceptors (Lipinski definition) is 8. The smallest absolute Gasteiger partial charge is 0.543 e. The molecule has 9 nitrogen and oxygen atoms in total. The van der Waals surface area contributed by atoms with E-state index in [1.807, 2.05) is 6.92 Å². The molecule has 144 valence electrons. The standard InChI is InChI=1S/C19H16N2O7.2Na/c1-3-4-9-16-10(12(20-8(2)22)6-13(21-16)18(24)25)5-11-14(23)7-15(19(26)27)28-17(9)11;;/h5-7H,3-4H2,1-2H3,(H,24,25)(H,26,27)(H,20,21,22);;/q;2*+1/p-2. The number of carboxylic acid groups (broad SMARTS) is 2. The molecule has 1 aromatic carbocycles. The van der Waals surface area contributed by atoms with Crippen molar-refractivity contribution in [2.75, 3.05) is 5.32 Å². The fourth-order valence-corrected chi connectivity index (χ4v) is 3.03. The number of pyridine rings is 1. The van der Waals surface area contributed by atoms with Gasteiger partial charge in [-0.05, 0) is 18.6 Å². The summed E-state index contributed by atoms with van der Waals surface area (Å²) >= 11 is 0. The minimum Gasteiger partial charge on any atom is -0.543 e. The Labute approximate surface area is 214 Å². The van der Waals surface area contributed by atoms with Gasteiger partial charge in [0.25, 0.3) is 0 Å². The van der Waals surface area contributed by atoms with Crippen molar-refractivity contribution in [2.24, 2.45) is 0 Å². The van der Waals surface area contributed by atoms with E-state index in [0.29, 0.717) is 23.8 Å². The Kier molecular flexibility index (Phi) is 9.22. The molecule has 0 spiro atoms. The van der Waals surface area contributed by atoms with Crippen LogP contribution in [0.5, 0.6) is 0 Å². The van der Waals surface area contributed by atoms with Gasteiger partial charge in [0.15, 0.2) is 11.2 Å². The van der Waals surface area contributed by atoms with Crippen LogP contribution in [0.2, 0.25) is 0 Å². The molecule has 3 rings (SSSR count). The number of carboxylic acids is 2. The number of carbonyl (C=O) groups is 3. The first kappa shape index (κ1) is 26.3. The van der Waals surface area contributed by atoms with Crippen LogP contribution in [-0.2, 0) is 11.2 Å². The molecule has 0 unspecified atom stereocenters. The summed E-state index contributed by atoms with van der Waals surface area (Å²) < 4.78 is 5.36. The molecule has 0 aliphatic heterocycles. The molecule has 1 N–H and O–H groups in total. The maximum absolute atomic E-state index is 12.4. The van der Waals surface area contributed by atoms with E-state index in [-0.39, 0.29) is 81.3 Å². The molecule has 3 aromatic rings. The maximum atomic E-state index is 12.4. The Hall–Kier alpha value is -1.75. The zero-order chi connectivity index (χ0) is 20.6. The number of hydrogen-bond donors (Lipinski definition) is 1. The number of nitrogens with zero attached hydrogens (tertiary/aromatic N) is 1. The Balaban J connectivity index is 0.00000225. The first-order valence-electron chi connectivity index (χ1n) is 8.37. The number of aromatic nitrogens is 1. The maximum Gasteiger partial charge on any atom is 1.00 e. The number of carbonyl (C=O) groups excluding carboxylic acids is 3. The first-order valence-corrected chi connectivity index (χ1v) is 8.37. The zero-order valence-electron chi connectivity index (χ0n) is 17.0. The van der Waals surface area contributed by atoms with Crippen LogP contribution in [0, 0.1) is 0 Å². The van der Waals surface area contributed by atoms with E-state index in [1.54, 1.807) is 0 Å². The summed E-state index contributed by atoms with van der Waals surface area (Å²) in [5, 5.41) is 25.4. The van der Waals surface area contributed by atoms with Crippen molar-refractivity contribution in [3.05, 3.63) is 45.4 Å². The molecule has 0 bridgehead atoms. The van der Waals surface area contributed by atoms with Crippen molar-refractivity contribution in [1.29, 1.82) is 0 Å². The Morgan fingerprint density at radius 2 is 1.73 bits per heavy atom. The molecule has 0 saturated carbocycles. The van der Waals surface area contributed by atoms with Gasteiger partial charge in [0.05, 0.1) is 28.3 Å². The summed E-state index contributed by atoms with van der Waals surface area (Å²) in [6, 6.07) is 3.32. The quantitative estimate of drug-likeness (QED) is 0.311. The van der Waals surface area contributed by atoms with Crippen molar-refractivity contribution < 1.29 is 88.1 Å². The average molecular weight is 428 g/mol. The third-order valence-electron chi connectivity index (χ3n) is 4.11. The summed E-state index contributed by atoms with van der Waals surface area (Å²) in [5.74, 6) is -4.31. The van der Waals surface area contributed by atoms with Gasteiger partial charge in [0.2, 0.25) is 5.91 Å². The van der Waals surface area contributed by atoms with Gasteiger partial charge in [-0.15, -0.1) is 0 Å². The predicted octanol–water partition coefficient (Wildman–Crippen LogP) is -6.01. The number of fused-ring (bicyclic) bond motifs is 2. The van der Waals surface area contributed by atoms with Crippen LogP contribution in [0.1, 0.15) is 46.9 Å². The normalized spacial score (nSPS) is 10.2. The van der Waals surface area contributed by atoms with Crippen LogP contribution in [0.15, 0.2) is 27.4 Å². The van der Waals surface area contributed by atoms with Crippen LogP contribution in [-0.4, -0.2) is 22.8 Å². The van der Waals surface area contributed by atoms with E-state index >= 15 is 0 Å². The zero-order valence-corrected chi connectivity index (χ0v) is 21.0. The topological polar surface area (TPSA) is 152 Å². The van der Waals surface area contributed by atoms with Crippen LogP contribution >= 0.6 is 0 Å². The molecule has 11 heteroatoms. The summed E-state index contributed by atoms with van der Waals surface area (Å²) in [4.78, 5) is 50.6. The van der Waals surface area contributed by atoms with Crippen LogP contribution in [0.3, 0.4) is 0 Å². The Morgan fingerprint density at radius 3 is 2.27 bits per heavy atom. The van der Waals surface area contributed by atoms with Crippen LogP contribution in [0.25, 0.3) is 21.9 Å². The van der Waals surface area contributed by atoms with Gasteiger partial charge < -0.3 is 29.5 Å². The molecular weight excluding hydrogens is 414 g/mol. The second kappa shape index (κ2) is 10.5. The fraction of sp³-hybridized carbons (Fsp3) is 0.211. The number of anilines is 1. The monoisotopic (exact) mass is 428 g/mol. The van der Waals surface area contributed by atoms with Gasteiger partial charge in [-0.25, -0.2) is 4.98 Å². The molecule has 0 saturated heterocycles. The van der Waals surface area contributed by atoms with Crippen molar-refractivity contribution in [2.45, 2.75) is 26.7 Å². The fourth-order valence-electron chi connectivity index (χ4n) is 3.03. The van der Waals surface area contributed by atoms with E-state index in [1.165, 1.54) is 13.0 Å². The van der Waals surface area contributed by atoms with Gasteiger partial charge in [0, 0.05) is 23.9 Å². The SMILES string of the molecule is CCCc1c2nc(C(=O)[O-])cc(NC(C)=O)c2cc2c(=O)cc(C(=O)[O-])oc12.[Na+].[Na+]. The largest absolute Gasteiger partial charge is 1.00 e. The summed E-state index contributed by atoms with van der Waals surface area (Å²) in [6.45, 7) is 3.09. The van der Waals surface area contributed by atoms with Gasteiger partial charge in [-0.2, -0.15) is 0 Å². The summed E-state index contributed by atoms with van der Waals surface area (Å²) in [5.41, 5.74) is -0.399. The van der Waals surface area contributed by atoms with Crippen molar-refractivity contribution in [3.8, 4) is 0 Å². The molecule has 0 aliphatic carbocycles. The second-order valence-corrected chi connectivity index (χ2v) is 6.16. The number of aromatic carboxylic acids is 2. The number of nitrogens with one attached hydrogen (secondary N) is 1. The second-order valence-electron chi connectivity index (χ2n) is 6.16. The van der Waals surface area contributed by atoms with Crippen molar-refractivity contribution in [1.82, 2.24) is 4.98 Å². The third-order valence-corrected chi connectivity index (χ3v) is 4.11. The summed E-state index contributed by atoms with van der Waals surface area (Å²) in [7, 11) is 0. The van der Waals surface area contributed by atoms with E-state index in [2.05, 4.69) is 10.3 Å². The first-order chi connectivity index (χ1) is 13.2. The van der Waals surface area contributed by atoms with E-state index in [0.717, 1.165) is 12.1 Å². The number of benzene rings is 1.